The number of nitrogens with zero attached hydrogens (tertiary/aromatic N) is 1. The monoisotopic (exact) mass is 311 g/mol. The molecule has 116 valence electrons. The topological polar surface area (TPSA) is 36.4 Å². The van der Waals surface area contributed by atoms with Gasteiger partial charge in [-0.2, -0.15) is 0 Å². The van der Waals surface area contributed by atoms with Crippen molar-refractivity contribution < 1.29 is 4.39 Å². The van der Waals surface area contributed by atoms with E-state index in [1.807, 2.05) is 6.92 Å². The van der Waals surface area contributed by atoms with Crippen LogP contribution in [-0.2, 0) is 0 Å². The summed E-state index contributed by atoms with van der Waals surface area (Å²) in [6, 6.07) is 5.02. The van der Waals surface area contributed by atoms with Gasteiger partial charge in [0.25, 0.3) is 0 Å². The Labute approximate surface area is 131 Å². The van der Waals surface area contributed by atoms with Crippen molar-refractivity contribution in [2.45, 2.75) is 51.6 Å². The fraction of sp³-hybridized carbons (Fsp3) is 0.562. The Balaban J connectivity index is 2.04. The van der Waals surface area contributed by atoms with Gasteiger partial charge in [-0.05, 0) is 46.2 Å². The van der Waals surface area contributed by atoms with E-state index < -0.39 is 0 Å². The third kappa shape index (κ3) is 4.34. The van der Waals surface area contributed by atoms with Crippen LogP contribution in [0.4, 0.5) is 4.39 Å². The molecule has 1 aliphatic rings. The molecule has 1 saturated carbocycles. The van der Waals surface area contributed by atoms with Gasteiger partial charge in [-0.3, -0.25) is 4.99 Å². The van der Waals surface area contributed by atoms with Crippen LogP contribution in [0.2, 0.25) is 5.02 Å². The number of guanidine groups is 1. The van der Waals surface area contributed by atoms with Crippen LogP contribution in [0.15, 0.2) is 23.2 Å². The zero-order chi connectivity index (χ0) is 15.6. The van der Waals surface area contributed by atoms with Gasteiger partial charge in [-0.1, -0.05) is 17.7 Å². The van der Waals surface area contributed by atoms with E-state index in [4.69, 9.17) is 11.6 Å². The molecular formula is C16H23ClFN3. The molecule has 0 amide bonds. The predicted molar refractivity (Wildman–Crippen MR) is 86.6 cm³/mol. The lowest BCUT2D eigenvalue weighted by molar-refractivity contribution is 0.500. The maximum atomic E-state index is 13.9. The second-order valence-electron chi connectivity index (χ2n) is 6.43. The molecule has 1 aliphatic carbocycles. The van der Waals surface area contributed by atoms with E-state index in [0.29, 0.717) is 17.1 Å². The molecule has 2 rings (SSSR count). The first-order valence-corrected chi connectivity index (χ1v) is 7.72. The molecule has 0 heterocycles. The number of aliphatic imine (C=N–C) groups is 1. The SMILES string of the molecule is CCN=C(NC1CC1c1c(F)cccc1Cl)NC(C)(C)C. The summed E-state index contributed by atoms with van der Waals surface area (Å²) in [6.07, 6.45) is 0.870. The van der Waals surface area contributed by atoms with Crippen LogP contribution in [0.1, 0.15) is 45.6 Å². The third-order valence-corrected chi connectivity index (χ3v) is 3.62. The molecular weight excluding hydrogens is 289 g/mol. The summed E-state index contributed by atoms with van der Waals surface area (Å²) in [4.78, 5) is 4.43. The van der Waals surface area contributed by atoms with Crippen molar-refractivity contribution >= 4 is 17.6 Å². The lowest BCUT2D eigenvalue weighted by Crippen LogP contribution is -2.48. The second kappa shape index (κ2) is 6.22. The highest BCUT2D eigenvalue weighted by Gasteiger charge is 2.42. The molecule has 0 aromatic heterocycles. The second-order valence-corrected chi connectivity index (χ2v) is 6.83. The molecule has 3 nitrogen and oxygen atoms in total. The maximum absolute atomic E-state index is 13.9. The van der Waals surface area contributed by atoms with E-state index in [9.17, 15) is 4.39 Å². The fourth-order valence-corrected chi connectivity index (χ4v) is 2.65. The molecule has 5 heteroatoms. The molecule has 2 N–H and O–H groups in total. The first-order chi connectivity index (χ1) is 9.81. The standard InChI is InChI=1S/C16H23ClFN3/c1-5-19-15(21-16(2,3)4)20-13-9-10(13)14-11(17)7-6-8-12(14)18/h6-8,10,13H,5,9H2,1-4H3,(H2,19,20,21). The molecule has 1 aromatic carbocycles. The van der Waals surface area contributed by atoms with Crippen LogP contribution in [0.25, 0.3) is 0 Å². The first kappa shape index (κ1) is 16.1. The average molecular weight is 312 g/mol. The van der Waals surface area contributed by atoms with Crippen LogP contribution in [-0.4, -0.2) is 24.1 Å². The Morgan fingerprint density at radius 2 is 2.14 bits per heavy atom. The summed E-state index contributed by atoms with van der Waals surface area (Å²) < 4.78 is 13.9. The van der Waals surface area contributed by atoms with E-state index in [1.165, 1.54) is 6.07 Å². The Bertz CT molecular complexity index is 517. The molecule has 1 aromatic rings. The van der Waals surface area contributed by atoms with Gasteiger partial charge >= 0.3 is 0 Å². The molecule has 2 atom stereocenters. The molecule has 0 saturated heterocycles. The van der Waals surface area contributed by atoms with E-state index >= 15 is 0 Å². The highest BCUT2D eigenvalue weighted by molar-refractivity contribution is 6.31. The van der Waals surface area contributed by atoms with Gasteiger partial charge in [0.2, 0.25) is 0 Å². The molecule has 0 spiro atoms. The van der Waals surface area contributed by atoms with E-state index in [-0.39, 0.29) is 23.3 Å². The smallest absolute Gasteiger partial charge is 0.191 e. The summed E-state index contributed by atoms with van der Waals surface area (Å²) in [5.41, 5.74) is 0.546. The highest BCUT2D eigenvalue weighted by atomic mass is 35.5. The molecule has 1 fully saturated rings. The van der Waals surface area contributed by atoms with Gasteiger partial charge in [0, 0.05) is 34.6 Å². The molecule has 2 unspecified atom stereocenters. The lowest BCUT2D eigenvalue weighted by atomic mass is 10.1. The van der Waals surface area contributed by atoms with Crippen molar-refractivity contribution in [2.24, 2.45) is 4.99 Å². The van der Waals surface area contributed by atoms with Crippen LogP contribution in [0.3, 0.4) is 0 Å². The average Bonchev–Trinajstić information content (AvgIpc) is 3.06. The minimum Gasteiger partial charge on any atom is -0.353 e. The molecule has 0 aliphatic heterocycles. The van der Waals surface area contributed by atoms with Gasteiger partial charge in [0.15, 0.2) is 5.96 Å². The van der Waals surface area contributed by atoms with Crippen molar-refractivity contribution in [1.29, 1.82) is 0 Å². The zero-order valence-corrected chi connectivity index (χ0v) is 13.8. The normalized spacial score (nSPS) is 22.1. The van der Waals surface area contributed by atoms with Gasteiger partial charge in [-0.15, -0.1) is 0 Å². The molecule has 0 bridgehead atoms. The Morgan fingerprint density at radius 3 is 2.71 bits per heavy atom. The highest BCUT2D eigenvalue weighted by Crippen LogP contribution is 2.44. The number of benzene rings is 1. The Hall–Kier alpha value is -1.29. The van der Waals surface area contributed by atoms with Crippen molar-refractivity contribution in [3.8, 4) is 0 Å². The van der Waals surface area contributed by atoms with E-state index in [2.05, 4.69) is 36.4 Å². The van der Waals surface area contributed by atoms with E-state index in [0.717, 1.165) is 12.4 Å². The predicted octanol–water partition coefficient (Wildman–Crippen LogP) is 3.69. The van der Waals surface area contributed by atoms with Gasteiger partial charge < -0.3 is 10.6 Å². The quantitative estimate of drug-likeness (QED) is 0.660. The molecule has 21 heavy (non-hydrogen) atoms. The van der Waals surface area contributed by atoms with Crippen LogP contribution >= 0.6 is 11.6 Å². The van der Waals surface area contributed by atoms with Crippen molar-refractivity contribution in [2.75, 3.05) is 6.54 Å². The van der Waals surface area contributed by atoms with Crippen molar-refractivity contribution in [3.05, 3.63) is 34.6 Å². The van der Waals surface area contributed by atoms with Crippen LogP contribution in [0.5, 0.6) is 0 Å². The number of halogens is 2. The van der Waals surface area contributed by atoms with Crippen LogP contribution in [0, 0.1) is 5.82 Å². The summed E-state index contributed by atoms with van der Waals surface area (Å²) in [6.45, 7) is 8.93. The third-order valence-electron chi connectivity index (χ3n) is 3.29. The Kier molecular flexibility index (Phi) is 4.77. The zero-order valence-electron chi connectivity index (χ0n) is 13.0. The fourth-order valence-electron chi connectivity index (χ4n) is 2.35. The Morgan fingerprint density at radius 1 is 1.43 bits per heavy atom. The first-order valence-electron chi connectivity index (χ1n) is 7.35. The van der Waals surface area contributed by atoms with Crippen molar-refractivity contribution in [1.82, 2.24) is 10.6 Å². The largest absolute Gasteiger partial charge is 0.353 e. The minimum atomic E-state index is -0.227. The van der Waals surface area contributed by atoms with Gasteiger partial charge in [0.05, 0.1) is 0 Å². The van der Waals surface area contributed by atoms with Gasteiger partial charge in [0.1, 0.15) is 5.82 Å². The lowest BCUT2D eigenvalue weighted by Gasteiger charge is -2.24. The summed E-state index contributed by atoms with van der Waals surface area (Å²) in [5.74, 6) is 0.655. The minimum absolute atomic E-state index is 0.0684. The number of nitrogens with one attached hydrogen (secondary N) is 2. The van der Waals surface area contributed by atoms with Crippen molar-refractivity contribution in [3.63, 3.8) is 0 Å². The summed E-state index contributed by atoms with van der Waals surface area (Å²) in [5, 5.41) is 7.21. The number of hydrogen-bond donors (Lipinski definition) is 2. The maximum Gasteiger partial charge on any atom is 0.191 e. The van der Waals surface area contributed by atoms with E-state index in [1.54, 1.807) is 12.1 Å². The van der Waals surface area contributed by atoms with Gasteiger partial charge in [-0.25, -0.2) is 4.39 Å². The summed E-state index contributed by atoms with van der Waals surface area (Å²) >= 11 is 6.12. The summed E-state index contributed by atoms with van der Waals surface area (Å²) in [7, 11) is 0. The number of rotatable bonds is 3. The number of hydrogen-bond acceptors (Lipinski definition) is 1. The van der Waals surface area contributed by atoms with Crippen LogP contribution < -0.4 is 10.6 Å². The molecule has 0 radical (unpaired) electrons.